The van der Waals surface area contributed by atoms with Crippen molar-refractivity contribution in [3.05, 3.63) is 58.1 Å². The summed E-state index contributed by atoms with van der Waals surface area (Å²) in [6, 6.07) is 12.2. The number of hydrogen-bond donors (Lipinski definition) is 3. The van der Waals surface area contributed by atoms with Gasteiger partial charge in [-0.15, -0.1) is 0 Å². The first-order valence-corrected chi connectivity index (χ1v) is 7.03. The summed E-state index contributed by atoms with van der Waals surface area (Å²) in [7, 11) is 0. The molecule has 21 heavy (non-hydrogen) atoms. The zero-order chi connectivity index (χ0) is 15.2. The molecule has 0 aliphatic carbocycles. The number of benzene rings is 2. The SMILES string of the molecule is O=C(CNc1cccc(CO)c1)Nc1cccc(Cl)c1Cl. The van der Waals surface area contributed by atoms with Gasteiger partial charge in [0.25, 0.3) is 0 Å². The molecule has 0 fully saturated rings. The lowest BCUT2D eigenvalue weighted by Crippen LogP contribution is -2.22. The van der Waals surface area contributed by atoms with Gasteiger partial charge in [-0.2, -0.15) is 0 Å². The normalized spacial score (nSPS) is 10.2. The topological polar surface area (TPSA) is 61.4 Å². The highest BCUT2D eigenvalue weighted by Crippen LogP contribution is 2.29. The van der Waals surface area contributed by atoms with Crippen LogP contribution in [0.1, 0.15) is 5.56 Å². The molecule has 0 aliphatic heterocycles. The summed E-state index contributed by atoms with van der Waals surface area (Å²) in [5.74, 6) is -0.242. The maximum Gasteiger partial charge on any atom is 0.243 e. The van der Waals surface area contributed by atoms with Crippen molar-refractivity contribution in [3.63, 3.8) is 0 Å². The van der Waals surface area contributed by atoms with Gasteiger partial charge >= 0.3 is 0 Å². The molecule has 0 saturated heterocycles. The molecule has 3 N–H and O–H groups in total. The highest BCUT2D eigenvalue weighted by Gasteiger charge is 2.08. The summed E-state index contributed by atoms with van der Waals surface area (Å²) in [6.07, 6.45) is 0. The molecule has 2 aromatic carbocycles. The van der Waals surface area contributed by atoms with Crippen molar-refractivity contribution >= 4 is 40.5 Å². The van der Waals surface area contributed by atoms with E-state index in [9.17, 15) is 4.79 Å². The van der Waals surface area contributed by atoms with Gasteiger partial charge in [0.2, 0.25) is 5.91 Å². The molecule has 2 rings (SSSR count). The number of carbonyl (C=O) groups excluding carboxylic acids is 1. The monoisotopic (exact) mass is 324 g/mol. The van der Waals surface area contributed by atoms with Crippen LogP contribution in [0.15, 0.2) is 42.5 Å². The molecule has 1 amide bonds. The number of nitrogens with one attached hydrogen (secondary N) is 2. The van der Waals surface area contributed by atoms with Crippen LogP contribution in [0.5, 0.6) is 0 Å². The molecule has 0 unspecified atom stereocenters. The maximum absolute atomic E-state index is 11.9. The molecule has 0 atom stereocenters. The number of carbonyl (C=O) groups is 1. The van der Waals surface area contributed by atoms with Crippen LogP contribution in [-0.4, -0.2) is 17.6 Å². The first-order chi connectivity index (χ1) is 10.1. The molecule has 0 bridgehead atoms. The number of anilines is 2. The van der Waals surface area contributed by atoms with Gasteiger partial charge < -0.3 is 15.7 Å². The predicted molar refractivity (Wildman–Crippen MR) is 85.9 cm³/mol. The molecule has 6 heteroatoms. The van der Waals surface area contributed by atoms with Gasteiger partial charge in [0.05, 0.1) is 28.9 Å². The van der Waals surface area contributed by atoms with Gasteiger partial charge in [-0.25, -0.2) is 0 Å². The number of rotatable bonds is 5. The quantitative estimate of drug-likeness (QED) is 0.788. The van der Waals surface area contributed by atoms with E-state index in [0.29, 0.717) is 15.7 Å². The summed E-state index contributed by atoms with van der Waals surface area (Å²) >= 11 is 11.9. The van der Waals surface area contributed by atoms with Crippen molar-refractivity contribution in [1.82, 2.24) is 0 Å². The minimum absolute atomic E-state index is 0.0418. The summed E-state index contributed by atoms with van der Waals surface area (Å²) in [5, 5.41) is 15.4. The molecule has 110 valence electrons. The van der Waals surface area contributed by atoms with Crippen molar-refractivity contribution < 1.29 is 9.90 Å². The standard InChI is InChI=1S/C15H14Cl2N2O2/c16-12-5-2-6-13(15(12)17)19-14(21)8-18-11-4-1-3-10(7-11)9-20/h1-7,18,20H,8-9H2,(H,19,21). The Morgan fingerprint density at radius 2 is 1.90 bits per heavy atom. The number of halogens is 2. The van der Waals surface area contributed by atoms with Crippen molar-refractivity contribution in [3.8, 4) is 0 Å². The van der Waals surface area contributed by atoms with Gasteiger partial charge in [0.15, 0.2) is 0 Å². The third kappa shape index (κ3) is 4.36. The minimum Gasteiger partial charge on any atom is -0.392 e. The molecular weight excluding hydrogens is 311 g/mol. The molecular formula is C15H14Cl2N2O2. The van der Waals surface area contributed by atoms with Crippen LogP contribution in [0.2, 0.25) is 10.0 Å². The van der Waals surface area contributed by atoms with Crippen LogP contribution in [0.3, 0.4) is 0 Å². The fourth-order valence-electron chi connectivity index (χ4n) is 1.76. The number of hydrogen-bond acceptors (Lipinski definition) is 3. The van der Waals surface area contributed by atoms with E-state index in [1.54, 1.807) is 36.4 Å². The summed E-state index contributed by atoms with van der Waals surface area (Å²) in [5.41, 5.74) is 2.01. The van der Waals surface area contributed by atoms with E-state index in [1.807, 2.05) is 6.07 Å². The third-order valence-corrected chi connectivity index (χ3v) is 3.61. The van der Waals surface area contributed by atoms with Gasteiger partial charge in [-0.3, -0.25) is 4.79 Å². The second kappa shape index (κ2) is 7.31. The average molecular weight is 325 g/mol. The highest BCUT2D eigenvalue weighted by molar-refractivity contribution is 6.44. The molecule has 0 heterocycles. The average Bonchev–Trinajstić information content (AvgIpc) is 2.50. The molecule has 0 saturated carbocycles. The molecule has 2 aromatic rings. The first-order valence-electron chi connectivity index (χ1n) is 6.27. The summed E-state index contributed by atoms with van der Waals surface area (Å²) in [4.78, 5) is 11.9. The van der Waals surface area contributed by atoms with Crippen LogP contribution < -0.4 is 10.6 Å². The fraction of sp³-hybridized carbons (Fsp3) is 0.133. The third-order valence-electron chi connectivity index (χ3n) is 2.79. The molecule has 0 aromatic heterocycles. The lowest BCUT2D eigenvalue weighted by atomic mass is 10.2. The van der Waals surface area contributed by atoms with Crippen molar-refractivity contribution in [2.75, 3.05) is 17.2 Å². The molecule has 0 aliphatic rings. The number of aliphatic hydroxyl groups is 1. The van der Waals surface area contributed by atoms with E-state index in [4.69, 9.17) is 28.3 Å². The zero-order valence-corrected chi connectivity index (χ0v) is 12.6. The van der Waals surface area contributed by atoms with Crippen LogP contribution in [-0.2, 0) is 11.4 Å². The van der Waals surface area contributed by atoms with Crippen LogP contribution in [0.25, 0.3) is 0 Å². The van der Waals surface area contributed by atoms with E-state index >= 15 is 0 Å². The zero-order valence-electron chi connectivity index (χ0n) is 11.1. The first kappa shape index (κ1) is 15.6. The summed E-state index contributed by atoms with van der Waals surface area (Å²) in [6.45, 7) is 0.0392. The van der Waals surface area contributed by atoms with Gasteiger partial charge in [-0.1, -0.05) is 41.4 Å². The van der Waals surface area contributed by atoms with Crippen molar-refractivity contribution in [1.29, 1.82) is 0 Å². The lowest BCUT2D eigenvalue weighted by Gasteiger charge is -2.10. The Balaban J connectivity index is 1.94. The molecule has 0 spiro atoms. The number of amides is 1. The van der Waals surface area contributed by atoms with E-state index in [2.05, 4.69) is 10.6 Å². The Kier molecular flexibility index (Phi) is 5.44. The van der Waals surface area contributed by atoms with Crippen LogP contribution in [0.4, 0.5) is 11.4 Å². The highest BCUT2D eigenvalue weighted by atomic mass is 35.5. The van der Waals surface area contributed by atoms with Crippen LogP contribution >= 0.6 is 23.2 Å². The minimum atomic E-state index is -0.242. The second-order valence-corrected chi connectivity index (χ2v) is 5.15. The fourth-order valence-corrected chi connectivity index (χ4v) is 2.10. The predicted octanol–water partition coefficient (Wildman–Crippen LogP) is 3.54. The van der Waals surface area contributed by atoms with E-state index in [0.717, 1.165) is 11.3 Å². The second-order valence-electron chi connectivity index (χ2n) is 4.36. The molecule has 4 nitrogen and oxygen atoms in total. The Hall–Kier alpha value is -1.75. The van der Waals surface area contributed by atoms with E-state index < -0.39 is 0 Å². The number of aliphatic hydroxyl groups excluding tert-OH is 1. The van der Waals surface area contributed by atoms with E-state index in [1.165, 1.54) is 0 Å². The Morgan fingerprint density at radius 3 is 2.67 bits per heavy atom. The van der Waals surface area contributed by atoms with Gasteiger partial charge in [0, 0.05) is 5.69 Å². The Bertz CT molecular complexity index is 647. The lowest BCUT2D eigenvalue weighted by molar-refractivity contribution is -0.114. The smallest absolute Gasteiger partial charge is 0.243 e. The Morgan fingerprint density at radius 1 is 1.14 bits per heavy atom. The van der Waals surface area contributed by atoms with E-state index in [-0.39, 0.29) is 19.1 Å². The van der Waals surface area contributed by atoms with Gasteiger partial charge in [-0.05, 0) is 29.8 Å². The summed E-state index contributed by atoms with van der Waals surface area (Å²) < 4.78 is 0. The molecule has 0 radical (unpaired) electrons. The maximum atomic E-state index is 11.9. The van der Waals surface area contributed by atoms with Crippen molar-refractivity contribution in [2.45, 2.75) is 6.61 Å². The Labute approximate surface area is 132 Å². The largest absolute Gasteiger partial charge is 0.392 e. The van der Waals surface area contributed by atoms with Crippen molar-refractivity contribution in [2.24, 2.45) is 0 Å². The van der Waals surface area contributed by atoms with Gasteiger partial charge in [0.1, 0.15) is 0 Å². The van der Waals surface area contributed by atoms with Crippen LogP contribution in [0, 0.1) is 0 Å².